The zero-order chi connectivity index (χ0) is 10.4. The molecule has 78 valence electrons. The maximum Gasteiger partial charge on any atom is 0.0844 e. The molecule has 0 amide bonds. The van der Waals surface area contributed by atoms with E-state index < -0.39 is 5.60 Å². The van der Waals surface area contributed by atoms with Crippen LogP contribution < -0.4 is 0 Å². The van der Waals surface area contributed by atoms with Crippen molar-refractivity contribution in [1.82, 2.24) is 9.78 Å². The third kappa shape index (κ3) is 1.98. The smallest absolute Gasteiger partial charge is 0.0844 e. The largest absolute Gasteiger partial charge is 0.388 e. The molecule has 2 rings (SSSR count). The summed E-state index contributed by atoms with van der Waals surface area (Å²) in [5.74, 6) is 0. The van der Waals surface area contributed by atoms with Gasteiger partial charge in [-0.25, -0.2) is 0 Å². The summed E-state index contributed by atoms with van der Waals surface area (Å²) in [4.78, 5) is 0. The summed E-state index contributed by atoms with van der Waals surface area (Å²) in [5.41, 5.74) is 0.910. The van der Waals surface area contributed by atoms with Crippen molar-refractivity contribution in [2.45, 2.75) is 51.2 Å². The Balaban J connectivity index is 2.10. The van der Waals surface area contributed by atoms with Gasteiger partial charge < -0.3 is 5.11 Å². The summed E-state index contributed by atoms with van der Waals surface area (Å²) in [6, 6.07) is 0. The van der Waals surface area contributed by atoms with Crippen molar-refractivity contribution in [2.75, 3.05) is 0 Å². The van der Waals surface area contributed by atoms with E-state index in [1.807, 2.05) is 17.1 Å². The van der Waals surface area contributed by atoms with E-state index in [1.165, 1.54) is 5.56 Å². The van der Waals surface area contributed by atoms with E-state index in [2.05, 4.69) is 25.9 Å². The van der Waals surface area contributed by atoms with Gasteiger partial charge in [0.15, 0.2) is 0 Å². The molecule has 0 aliphatic heterocycles. The molecule has 14 heavy (non-hydrogen) atoms. The molecule has 0 atom stereocenters. The lowest BCUT2D eigenvalue weighted by molar-refractivity contribution is 0.125. The van der Waals surface area contributed by atoms with Crippen LogP contribution in [0.2, 0.25) is 0 Å². The van der Waals surface area contributed by atoms with Crippen molar-refractivity contribution in [3.05, 3.63) is 18.0 Å². The number of hydrogen-bond acceptors (Lipinski definition) is 2. The normalized spacial score (nSPS) is 19.7. The zero-order valence-corrected chi connectivity index (χ0v) is 9.12. The molecule has 1 N–H and O–H groups in total. The first-order chi connectivity index (χ1) is 6.39. The van der Waals surface area contributed by atoms with Crippen LogP contribution in [0.1, 0.15) is 39.2 Å². The molecule has 1 aliphatic carbocycles. The Hall–Kier alpha value is -0.830. The van der Waals surface area contributed by atoms with Gasteiger partial charge in [0.25, 0.3) is 0 Å². The zero-order valence-electron chi connectivity index (χ0n) is 9.12. The van der Waals surface area contributed by atoms with Crippen LogP contribution in [0.15, 0.2) is 12.4 Å². The number of nitrogens with zero attached hydrogens (tertiary/aromatic N) is 2. The topological polar surface area (TPSA) is 38.0 Å². The van der Waals surface area contributed by atoms with Gasteiger partial charge in [0.05, 0.1) is 18.3 Å². The standard InChI is InChI=1S/C11H18N2O/c1-10(2,3)9-6-12-13(7-9)8-11(14)4-5-11/h6-7,14H,4-5,8H2,1-3H3. The van der Waals surface area contributed by atoms with Crippen LogP contribution in [-0.2, 0) is 12.0 Å². The third-order valence-corrected chi connectivity index (χ3v) is 2.78. The summed E-state index contributed by atoms with van der Waals surface area (Å²) in [5, 5.41) is 14.0. The fourth-order valence-electron chi connectivity index (χ4n) is 1.44. The minimum Gasteiger partial charge on any atom is -0.388 e. The van der Waals surface area contributed by atoms with E-state index >= 15 is 0 Å². The molecule has 1 fully saturated rings. The predicted molar refractivity (Wildman–Crippen MR) is 55.1 cm³/mol. The lowest BCUT2D eigenvalue weighted by Crippen LogP contribution is -2.17. The molecule has 0 unspecified atom stereocenters. The van der Waals surface area contributed by atoms with Gasteiger partial charge in [-0.3, -0.25) is 4.68 Å². The van der Waals surface area contributed by atoms with Gasteiger partial charge in [0.2, 0.25) is 0 Å². The highest BCUT2D eigenvalue weighted by molar-refractivity contribution is 5.15. The van der Waals surface area contributed by atoms with Gasteiger partial charge in [0, 0.05) is 6.20 Å². The second kappa shape index (κ2) is 2.83. The molecular formula is C11H18N2O. The highest BCUT2D eigenvalue weighted by Gasteiger charge is 2.40. The van der Waals surface area contributed by atoms with Crippen LogP contribution in [0.4, 0.5) is 0 Å². The second-order valence-corrected chi connectivity index (χ2v) is 5.40. The summed E-state index contributed by atoms with van der Waals surface area (Å²) in [7, 11) is 0. The van der Waals surface area contributed by atoms with E-state index in [-0.39, 0.29) is 5.41 Å². The quantitative estimate of drug-likeness (QED) is 0.778. The van der Waals surface area contributed by atoms with Gasteiger partial charge in [0.1, 0.15) is 0 Å². The minimum atomic E-state index is -0.457. The van der Waals surface area contributed by atoms with Gasteiger partial charge in [-0.1, -0.05) is 20.8 Å². The molecule has 0 radical (unpaired) electrons. The third-order valence-electron chi connectivity index (χ3n) is 2.78. The number of aromatic nitrogens is 2. The van der Waals surface area contributed by atoms with Crippen molar-refractivity contribution < 1.29 is 5.11 Å². The molecule has 1 aromatic rings. The number of aliphatic hydroxyl groups is 1. The summed E-state index contributed by atoms with van der Waals surface area (Å²) in [6.45, 7) is 7.14. The fourth-order valence-corrected chi connectivity index (χ4v) is 1.44. The van der Waals surface area contributed by atoms with Crippen LogP contribution in [-0.4, -0.2) is 20.5 Å². The molecule has 1 aliphatic rings. The van der Waals surface area contributed by atoms with Crippen molar-refractivity contribution in [3.8, 4) is 0 Å². The maximum atomic E-state index is 9.73. The van der Waals surface area contributed by atoms with Crippen LogP contribution in [0, 0.1) is 0 Å². The molecule has 0 bridgehead atoms. The van der Waals surface area contributed by atoms with Crippen molar-refractivity contribution >= 4 is 0 Å². The Labute approximate surface area is 84.7 Å². The predicted octanol–water partition coefficient (Wildman–Crippen LogP) is 1.71. The van der Waals surface area contributed by atoms with Crippen molar-refractivity contribution in [1.29, 1.82) is 0 Å². The number of hydrogen-bond donors (Lipinski definition) is 1. The van der Waals surface area contributed by atoms with Gasteiger partial charge in [-0.05, 0) is 23.8 Å². The molecule has 3 nitrogen and oxygen atoms in total. The average Bonchev–Trinajstić information content (AvgIpc) is 2.61. The van der Waals surface area contributed by atoms with Crippen LogP contribution in [0.5, 0.6) is 0 Å². The lowest BCUT2D eigenvalue weighted by Gasteiger charge is -2.15. The Bertz CT molecular complexity index is 331. The molecular weight excluding hydrogens is 176 g/mol. The highest BCUT2D eigenvalue weighted by Crippen LogP contribution is 2.36. The Morgan fingerprint density at radius 2 is 2.14 bits per heavy atom. The Morgan fingerprint density at radius 1 is 1.50 bits per heavy atom. The second-order valence-electron chi connectivity index (χ2n) is 5.40. The average molecular weight is 194 g/mol. The SMILES string of the molecule is CC(C)(C)c1cnn(CC2(O)CC2)c1. The van der Waals surface area contributed by atoms with Crippen molar-refractivity contribution in [2.24, 2.45) is 0 Å². The summed E-state index contributed by atoms with van der Waals surface area (Å²) < 4.78 is 1.85. The van der Waals surface area contributed by atoms with E-state index in [4.69, 9.17) is 0 Å². The van der Waals surface area contributed by atoms with E-state index in [0.717, 1.165) is 12.8 Å². The van der Waals surface area contributed by atoms with Crippen LogP contribution in [0.3, 0.4) is 0 Å². The van der Waals surface area contributed by atoms with E-state index in [0.29, 0.717) is 6.54 Å². The molecule has 1 aromatic heterocycles. The lowest BCUT2D eigenvalue weighted by atomic mass is 9.90. The van der Waals surface area contributed by atoms with Gasteiger partial charge in [-0.2, -0.15) is 5.10 Å². The minimum absolute atomic E-state index is 0.143. The summed E-state index contributed by atoms with van der Waals surface area (Å²) in [6.07, 6.45) is 5.76. The highest BCUT2D eigenvalue weighted by atomic mass is 16.3. The molecule has 1 saturated carbocycles. The fraction of sp³-hybridized carbons (Fsp3) is 0.727. The van der Waals surface area contributed by atoms with Crippen LogP contribution >= 0.6 is 0 Å². The van der Waals surface area contributed by atoms with Gasteiger partial charge in [-0.15, -0.1) is 0 Å². The van der Waals surface area contributed by atoms with Gasteiger partial charge >= 0.3 is 0 Å². The maximum absolute atomic E-state index is 9.73. The Morgan fingerprint density at radius 3 is 2.57 bits per heavy atom. The van der Waals surface area contributed by atoms with Crippen molar-refractivity contribution in [3.63, 3.8) is 0 Å². The first kappa shape index (κ1) is 9.71. The molecule has 1 heterocycles. The summed E-state index contributed by atoms with van der Waals surface area (Å²) >= 11 is 0. The molecule has 0 saturated heterocycles. The first-order valence-corrected chi connectivity index (χ1v) is 5.14. The van der Waals surface area contributed by atoms with E-state index in [1.54, 1.807) is 0 Å². The molecule has 0 spiro atoms. The number of rotatable bonds is 2. The first-order valence-electron chi connectivity index (χ1n) is 5.14. The van der Waals surface area contributed by atoms with Crippen LogP contribution in [0.25, 0.3) is 0 Å². The molecule has 3 heteroatoms. The monoisotopic (exact) mass is 194 g/mol. The van der Waals surface area contributed by atoms with E-state index in [9.17, 15) is 5.11 Å². The molecule has 0 aromatic carbocycles. The Kier molecular flexibility index (Phi) is 1.96.